The monoisotopic (exact) mass is 374 g/mol. The number of nitrogens with zero attached hydrogens (tertiary/aromatic N) is 1. The van der Waals surface area contributed by atoms with Gasteiger partial charge in [-0.1, -0.05) is 11.6 Å². The average molecular weight is 375 g/mol. The number of halogens is 1. The summed E-state index contributed by atoms with van der Waals surface area (Å²) >= 11 is 5.87. The third-order valence-corrected chi connectivity index (χ3v) is 5.19. The lowest BCUT2D eigenvalue weighted by molar-refractivity contribution is 0.0658. The van der Waals surface area contributed by atoms with Crippen molar-refractivity contribution in [2.75, 3.05) is 32.6 Å². The van der Waals surface area contributed by atoms with Crippen molar-refractivity contribution in [3.05, 3.63) is 34.9 Å². The van der Waals surface area contributed by atoms with Gasteiger partial charge in [0.15, 0.2) is 0 Å². The summed E-state index contributed by atoms with van der Waals surface area (Å²) in [4.78, 5) is 14.6. The number of hydrogen-bond donors (Lipinski definition) is 1. The van der Waals surface area contributed by atoms with Crippen LogP contribution in [0.4, 0.5) is 0 Å². The summed E-state index contributed by atoms with van der Waals surface area (Å²) in [6.07, 6.45) is 1.75. The van der Waals surface area contributed by atoms with Crippen molar-refractivity contribution < 1.29 is 17.9 Å². The van der Waals surface area contributed by atoms with Crippen LogP contribution in [0.15, 0.2) is 24.3 Å². The molecule has 24 heavy (non-hydrogen) atoms. The van der Waals surface area contributed by atoms with Gasteiger partial charge in [0.05, 0.1) is 19.5 Å². The van der Waals surface area contributed by atoms with E-state index in [1.165, 1.54) is 0 Å². The highest BCUT2D eigenvalue weighted by Gasteiger charge is 2.30. The van der Waals surface area contributed by atoms with E-state index in [1.54, 1.807) is 29.2 Å². The lowest BCUT2D eigenvalue weighted by Crippen LogP contribution is -2.44. The molecule has 0 spiro atoms. The van der Waals surface area contributed by atoms with Gasteiger partial charge in [0.2, 0.25) is 10.0 Å². The van der Waals surface area contributed by atoms with Crippen LogP contribution in [0.2, 0.25) is 5.02 Å². The predicted molar refractivity (Wildman–Crippen MR) is 93.7 cm³/mol. The molecule has 1 aromatic carbocycles. The van der Waals surface area contributed by atoms with Crippen LogP contribution in [-0.4, -0.2) is 57.8 Å². The summed E-state index contributed by atoms with van der Waals surface area (Å²) in [6, 6.07) is 6.77. The Hall–Kier alpha value is -1.15. The fraction of sp³-hybridized carbons (Fsp3) is 0.562. The minimum absolute atomic E-state index is 0.0444. The van der Waals surface area contributed by atoms with E-state index >= 15 is 0 Å². The number of carbonyl (C=O) groups is 1. The van der Waals surface area contributed by atoms with E-state index in [4.69, 9.17) is 16.3 Å². The second kappa shape index (κ2) is 8.29. The zero-order chi connectivity index (χ0) is 17.7. The Labute approximate surface area is 148 Å². The van der Waals surface area contributed by atoms with Gasteiger partial charge < -0.3 is 9.64 Å². The Balaban J connectivity index is 2.05. The molecule has 1 N–H and O–H groups in total. The van der Waals surface area contributed by atoms with E-state index in [1.807, 2.05) is 6.92 Å². The molecular formula is C16H23ClN2O4S. The number of sulfonamides is 1. The molecule has 1 amide bonds. The van der Waals surface area contributed by atoms with Gasteiger partial charge in [-0.3, -0.25) is 4.79 Å². The van der Waals surface area contributed by atoms with Crippen LogP contribution in [0, 0.1) is 5.92 Å². The first kappa shape index (κ1) is 19.2. The Kier molecular flexibility index (Phi) is 6.62. The summed E-state index contributed by atoms with van der Waals surface area (Å²) in [5, 5.41) is 0.587. The van der Waals surface area contributed by atoms with E-state index in [-0.39, 0.29) is 17.9 Å². The van der Waals surface area contributed by atoms with Crippen LogP contribution in [0.3, 0.4) is 0 Å². The number of benzene rings is 1. The predicted octanol–water partition coefficient (Wildman–Crippen LogP) is 1.76. The smallest absolute Gasteiger partial charge is 0.254 e. The highest BCUT2D eigenvalue weighted by Crippen LogP contribution is 2.21. The molecule has 0 aromatic heterocycles. The van der Waals surface area contributed by atoms with Crippen molar-refractivity contribution in [3.8, 4) is 0 Å². The van der Waals surface area contributed by atoms with E-state index in [2.05, 4.69) is 4.72 Å². The fourth-order valence-corrected chi connectivity index (χ4v) is 3.41. The lowest BCUT2D eigenvalue weighted by atomic mass is 9.96. The zero-order valence-electron chi connectivity index (χ0n) is 13.9. The largest absolute Gasteiger partial charge is 0.379 e. The van der Waals surface area contributed by atoms with Gasteiger partial charge in [-0.2, -0.15) is 0 Å². The maximum Gasteiger partial charge on any atom is 0.254 e. The minimum atomic E-state index is -3.21. The molecule has 1 heterocycles. The standard InChI is InChI=1S/C16H23ClN2O4S/c1-12-14(7-8-18-24(2,21)22)11-23-10-9-19(12)16(20)13-3-5-15(17)6-4-13/h3-6,12,14,18H,7-11H2,1-2H3/t12-,14+/m0/s1. The highest BCUT2D eigenvalue weighted by atomic mass is 35.5. The maximum absolute atomic E-state index is 12.8. The molecule has 134 valence electrons. The van der Waals surface area contributed by atoms with Gasteiger partial charge >= 0.3 is 0 Å². The number of carbonyl (C=O) groups excluding carboxylic acids is 1. The lowest BCUT2D eigenvalue weighted by Gasteiger charge is -2.31. The summed E-state index contributed by atoms with van der Waals surface area (Å²) in [5.41, 5.74) is 0.584. The number of amides is 1. The third-order valence-electron chi connectivity index (χ3n) is 4.21. The third kappa shape index (κ3) is 5.44. The van der Waals surface area contributed by atoms with Gasteiger partial charge in [-0.05, 0) is 37.6 Å². The molecule has 1 fully saturated rings. The van der Waals surface area contributed by atoms with Crippen molar-refractivity contribution in [1.82, 2.24) is 9.62 Å². The quantitative estimate of drug-likeness (QED) is 0.852. The SMILES string of the molecule is C[C@H]1[C@H](CCNS(C)(=O)=O)COCCN1C(=O)c1ccc(Cl)cc1. The van der Waals surface area contributed by atoms with E-state index in [9.17, 15) is 13.2 Å². The summed E-state index contributed by atoms with van der Waals surface area (Å²) < 4.78 is 30.5. The van der Waals surface area contributed by atoms with Gasteiger partial charge in [-0.25, -0.2) is 13.1 Å². The minimum Gasteiger partial charge on any atom is -0.379 e. The number of hydrogen-bond acceptors (Lipinski definition) is 4. The highest BCUT2D eigenvalue weighted by molar-refractivity contribution is 7.88. The summed E-state index contributed by atoms with van der Waals surface area (Å²) in [7, 11) is -3.21. The number of ether oxygens (including phenoxy) is 1. The molecule has 1 aliphatic heterocycles. The first-order valence-electron chi connectivity index (χ1n) is 7.87. The van der Waals surface area contributed by atoms with Crippen molar-refractivity contribution in [2.45, 2.75) is 19.4 Å². The van der Waals surface area contributed by atoms with Gasteiger partial charge in [0.25, 0.3) is 5.91 Å². The molecule has 1 aliphatic rings. The second-order valence-electron chi connectivity index (χ2n) is 6.04. The van der Waals surface area contributed by atoms with Gasteiger partial charge in [-0.15, -0.1) is 0 Å². The summed E-state index contributed by atoms with van der Waals surface area (Å²) in [5.74, 6) is 0.00346. The normalized spacial score (nSPS) is 22.2. The number of rotatable bonds is 5. The Bertz CT molecular complexity index is 663. The van der Waals surface area contributed by atoms with E-state index < -0.39 is 10.0 Å². The molecule has 8 heteroatoms. The molecule has 0 radical (unpaired) electrons. The molecule has 6 nitrogen and oxygen atoms in total. The zero-order valence-corrected chi connectivity index (χ0v) is 15.4. The topological polar surface area (TPSA) is 75.7 Å². The Morgan fingerprint density at radius 2 is 2.04 bits per heavy atom. The van der Waals surface area contributed by atoms with Crippen LogP contribution in [0.1, 0.15) is 23.7 Å². The van der Waals surface area contributed by atoms with Crippen molar-refractivity contribution in [3.63, 3.8) is 0 Å². The van der Waals surface area contributed by atoms with Crippen LogP contribution >= 0.6 is 11.6 Å². The second-order valence-corrected chi connectivity index (χ2v) is 8.31. The van der Waals surface area contributed by atoms with E-state index in [0.29, 0.717) is 43.3 Å². The molecule has 1 saturated heterocycles. The van der Waals surface area contributed by atoms with Crippen molar-refractivity contribution in [1.29, 1.82) is 0 Å². The number of nitrogens with one attached hydrogen (secondary N) is 1. The van der Waals surface area contributed by atoms with Crippen LogP contribution in [0.5, 0.6) is 0 Å². The molecule has 2 atom stereocenters. The fourth-order valence-electron chi connectivity index (χ4n) is 2.79. The average Bonchev–Trinajstić information content (AvgIpc) is 2.69. The molecule has 0 saturated carbocycles. The van der Waals surface area contributed by atoms with E-state index in [0.717, 1.165) is 6.26 Å². The molecule has 1 aromatic rings. The van der Waals surface area contributed by atoms with Gasteiger partial charge in [0.1, 0.15) is 0 Å². The molecular weight excluding hydrogens is 352 g/mol. The van der Waals surface area contributed by atoms with Crippen LogP contribution in [-0.2, 0) is 14.8 Å². The van der Waals surface area contributed by atoms with Crippen molar-refractivity contribution >= 4 is 27.5 Å². The van der Waals surface area contributed by atoms with Crippen LogP contribution < -0.4 is 4.72 Å². The molecule has 0 aliphatic carbocycles. The Morgan fingerprint density at radius 1 is 1.38 bits per heavy atom. The molecule has 0 unspecified atom stereocenters. The first-order chi connectivity index (χ1) is 11.3. The summed E-state index contributed by atoms with van der Waals surface area (Å²) in [6.45, 7) is 3.81. The van der Waals surface area contributed by atoms with Crippen molar-refractivity contribution in [2.24, 2.45) is 5.92 Å². The van der Waals surface area contributed by atoms with Gasteiger partial charge in [0, 0.05) is 35.6 Å². The maximum atomic E-state index is 12.8. The Morgan fingerprint density at radius 3 is 2.67 bits per heavy atom. The van der Waals surface area contributed by atoms with Crippen LogP contribution in [0.25, 0.3) is 0 Å². The molecule has 2 rings (SSSR count). The molecule has 0 bridgehead atoms. The first-order valence-corrected chi connectivity index (χ1v) is 10.1.